The van der Waals surface area contributed by atoms with E-state index in [0.717, 1.165) is 0 Å². The van der Waals surface area contributed by atoms with Gasteiger partial charge < -0.3 is 14.9 Å². The molecule has 0 amide bonds. The van der Waals surface area contributed by atoms with Gasteiger partial charge in [-0.05, 0) is 13.8 Å². The second-order valence-corrected chi connectivity index (χ2v) is 3.98. The molecule has 4 nitrogen and oxygen atoms in total. The van der Waals surface area contributed by atoms with Gasteiger partial charge in [0.1, 0.15) is 12.0 Å². The van der Waals surface area contributed by atoms with Crippen LogP contribution in [0.4, 0.5) is 0 Å². The Hall–Kier alpha value is -1.13. The van der Waals surface area contributed by atoms with E-state index in [-0.39, 0.29) is 6.10 Å². The molecule has 1 saturated heterocycles. The van der Waals surface area contributed by atoms with Gasteiger partial charge in [-0.3, -0.25) is 4.79 Å². The number of aliphatic hydroxyl groups is 2. The van der Waals surface area contributed by atoms with E-state index < -0.39 is 24.1 Å². The Bertz CT molecular complexity index is 295. The molecule has 2 N–H and O–H groups in total. The lowest BCUT2D eigenvalue weighted by atomic mass is 9.89. The van der Waals surface area contributed by atoms with Crippen molar-refractivity contribution < 1.29 is 19.7 Å². The van der Waals surface area contributed by atoms with Crippen LogP contribution in [-0.2, 0) is 9.53 Å². The minimum Gasteiger partial charge on any atom is -0.462 e. The molecule has 0 aromatic carbocycles. The van der Waals surface area contributed by atoms with Crippen LogP contribution in [0.3, 0.4) is 0 Å². The van der Waals surface area contributed by atoms with Crippen LogP contribution in [0.15, 0.2) is 24.3 Å². The van der Waals surface area contributed by atoms with Crippen molar-refractivity contribution in [3.05, 3.63) is 24.3 Å². The third kappa shape index (κ3) is 3.18. The van der Waals surface area contributed by atoms with Gasteiger partial charge in [-0.25, -0.2) is 0 Å². The van der Waals surface area contributed by atoms with E-state index in [1.165, 1.54) is 6.08 Å². The number of hydrogen-bond acceptors (Lipinski definition) is 4. The van der Waals surface area contributed by atoms with Gasteiger partial charge in [-0.15, -0.1) is 0 Å². The van der Waals surface area contributed by atoms with E-state index >= 15 is 0 Å². The fraction of sp³-hybridized carbons (Fsp3) is 0.583. The summed E-state index contributed by atoms with van der Waals surface area (Å²) in [5.74, 6) is -1.42. The highest BCUT2D eigenvalue weighted by atomic mass is 16.5. The Morgan fingerprint density at radius 1 is 1.50 bits per heavy atom. The van der Waals surface area contributed by atoms with Crippen LogP contribution in [-0.4, -0.2) is 34.5 Å². The normalized spacial score (nSPS) is 33.2. The summed E-state index contributed by atoms with van der Waals surface area (Å²) >= 11 is 0. The van der Waals surface area contributed by atoms with Gasteiger partial charge in [0.15, 0.2) is 0 Å². The fourth-order valence-electron chi connectivity index (χ4n) is 1.74. The molecule has 16 heavy (non-hydrogen) atoms. The van der Waals surface area contributed by atoms with E-state index in [4.69, 9.17) is 4.74 Å². The number of carbonyl (C=O) groups excluding carboxylic acids is 1. The van der Waals surface area contributed by atoms with E-state index in [1.54, 1.807) is 25.2 Å². The molecule has 4 heteroatoms. The smallest absolute Gasteiger partial charge is 0.314 e. The summed E-state index contributed by atoms with van der Waals surface area (Å²) in [5.41, 5.74) is 0. The molecular formula is C12H18O4. The number of carbonyl (C=O) groups is 1. The summed E-state index contributed by atoms with van der Waals surface area (Å²) in [6.07, 6.45) is 4.89. The van der Waals surface area contributed by atoms with Crippen LogP contribution in [0.5, 0.6) is 0 Å². The lowest BCUT2D eigenvalue weighted by molar-refractivity contribution is -0.173. The van der Waals surface area contributed by atoms with Gasteiger partial charge >= 0.3 is 5.97 Å². The third-order valence-electron chi connectivity index (χ3n) is 2.56. The highest BCUT2D eigenvalue weighted by Gasteiger charge is 2.39. The van der Waals surface area contributed by atoms with Gasteiger partial charge in [0.25, 0.3) is 0 Å². The molecule has 0 aromatic rings. The molecule has 0 saturated carbocycles. The zero-order valence-corrected chi connectivity index (χ0v) is 9.54. The van der Waals surface area contributed by atoms with Crippen molar-refractivity contribution in [2.45, 2.75) is 38.6 Å². The zero-order valence-electron chi connectivity index (χ0n) is 9.54. The number of ether oxygens (including phenoxy) is 1. The van der Waals surface area contributed by atoms with Crippen LogP contribution in [0.25, 0.3) is 0 Å². The first-order valence-corrected chi connectivity index (χ1v) is 5.42. The Kier molecular flexibility index (Phi) is 4.71. The van der Waals surface area contributed by atoms with Crippen LogP contribution >= 0.6 is 0 Å². The summed E-state index contributed by atoms with van der Waals surface area (Å²) in [6, 6.07) is 0. The molecule has 1 aliphatic rings. The van der Waals surface area contributed by atoms with Gasteiger partial charge in [0.2, 0.25) is 0 Å². The minimum atomic E-state index is -1.01. The van der Waals surface area contributed by atoms with Crippen LogP contribution in [0, 0.1) is 5.92 Å². The summed E-state index contributed by atoms with van der Waals surface area (Å²) in [4.78, 5) is 11.5. The van der Waals surface area contributed by atoms with Crippen molar-refractivity contribution in [3.63, 3.8) is 0 Å². The van der Waals surface area contributed by atoms with Crippen molar-refractivity contribution in [2.75, 3.05) is 0 Å². The molecule has 1 aliphatic heterocycles. The minimum absolute atomic E-state index is 0.287. The van der Waals surface area contributed by atoms with Crippen molar-refractivity contribution >= 4 is 5.97 Å². The van der Waals surface area contributed by atoms with E-state index in [0.29, 0.717) is 6.42 Å². The second kappa shape index (κ2) is 5.82. The summed E-state index contributed by atoms with van der Waals surface area (Å²) in [7, 11) is 0. The number of cyclic esters (lactones) is 1. The Morgan fingerprint density at radius 3 is 2.75 bits per heavy atom. The van der Waals surface area contributed by atoms with Crippen molar-refractivity contribution in [2.24, 2.45) is 5.92 Å². The first kappa shape index (κ1) is 12.9. The Morgan fingerprint density at radius 2 is 2.19 bits per heavy atom. The monoisotopic (exact) mass is 226 g/mol. The molecule has 1 fully saturated rings. The van der Waals surface area contributed by atoms with Crippen molar-refractivity contribution in [3.8, 4) is 0 Å². The summed E-state index contributed by atoms with van der Waals surface area (Å²) in [5, 5.41) is 19.5. The average Bonchev–Trinajstić information content (AvgIpc) is 2.16. The second-order valence-electron chi connectivity index (χ2n) is 3.98. The van der Waals surface area contributed by atoms with Gasteiger partial charge in [-0.1, -0.05) is 24.3 Å². The molecular weight excluding hydrogens is 208 g/mol. The van der Waals surface area contributed by atoms with E-state index in [9.17, 15) is 15.0 Å². The van der Waals surface area contributed by atoms with E-state index in [2.05, 4.69) is 0 Å². The zero-order chi connectivity index (χ0) is 12.1. The first-order valence-electron chi connectivity index (χ1n) is 5.42. The molecule has 1 heterocycles. The number of hydrogen-bond donors (Lipinski definition) is 2. The van der Waals surface area contributed by atoms with Crippen LogP contribution < -0.4 is 0 Å². The highest BCUT2D eigenvalue weighted by molar-refractivity contribution is 5.75. The highest BCUT2D eigenvalue weighted by Crippen LogP contribution is 2.24. The SMILES string of the molecule is C/C=C/C=C/[C@H](O)[C@H]1C(=O)O[C@H](C)C[C@@H]1O. The Labute approximate surface area is 95.2 Å². The molecule has 1 rings (SSSR count). The molecule has 0 radical (unpaired) electrons. The topological polar surface area (TPSA) is 66.8 Å². The molecule has 0 aliphatic carbocycles. The Balaban J connectivity index is 2.67. The summed E-state index contributed by atoms with van der Waals surface area (Å²) in [6.45, 7) is 3.57. The van der Waals surface area contributed by atoms with E-state index in [1.807, 2.05) is 6.92 Å². The van der Waals surface area contributed by atoms with Gasteiger partial charge in [-0.2, -0.15) is 0 Å². The molecule has 0 spiro atoms. The first-order chi connectivity index (χ1) is 7.56. The predicted octanol–water partition coefficient (Wildman–Crippen LogP) is 0.792. The van der Waals surface area contributed by atoms with Gasteiger partial charge in [0.05, 0.1) is 12.2 Å². The third-order valence-corrected chi connectivity index (χ3v) is 2.56. The van der Waals surface area contributed by atoms with Crippen LogP contribution in [0.2, 0.25) is 0 Å². The van der Waals surface area contributed by atoms with Crippen molar-refractivity contribution in [1.29, 1.82) is 0 Å². The quantitative estimate of drug-likeness (QED) is 0.551. The number of aliphatic hydroxyl groups excluding tert-OH is 2. The number of esters is 1. The largest absolute Gasteiger partial charge is 0.462 e. The lowest BCUT2D eigenvalue weighted by Crippen LogP contribution is -2.45. The van der Waals surface area contributed by atoms with Crippen LogP contribution in [0.1, 0.15) is 20.3 Å². The molecule has 4 atom stereocenters. The molecule has 90 valence electrons. The maximum atomic E-state index is 11.5. The summed E-state index contributed by atoms with van der Waals surface area (Å²) < 4.78 is 4.99. The number of rotatable bonds is 3. The van der Waals surface area contributed by atoms with Gasteiger partial charge in [0, 0.05) is 6.42 Å². The molecule has 0 bridgehead atoms. The predicted molar refractivity (Wildman–Crippen MR) is 59.6 cm³/mol. The average molecular weight is 226 g/mol. The maximum absolute atomic E-state index is 11.5. The molecule has 0 aromatic heterocycles. The standard InChI is InChI=1S/C12H18O4/c1-3-4-5-6-9(13)11-10(14)7-8(2)16-12(11)15/h3-6,8-11,13-14H,7H2,1-2H3/b4-3+,6-5+/t8-,9+,10+,11-/m1/s1. The molecule has 0 unspecified atom stereocenters. The number of allylic oxidation sites excluding steroid dienone is 3. The maximum Gasteiger partial charge on any atom is 0.314 e. The fourth-order valence-corrected chi connectivity index (χ4v) is 1.74. The lowest BCUT2D eigenvalue weighted by Gasteiger charge is -2.32. The van der Waals surface area contributed by atoms with Crippen molar-refractivity contribution in [1.82, 2.24) is 0 Å².